The van der Waals surface area contributed by atoms with E-state index in [0.717, 1.165) is 39.7 Å². The molecule has 230 valence electrons. The maximum atomic E-state index is 14.3. The molecular formula is C34H35F2N3O4S. The predicted molar refractivity (Wildman–Crippen MR) is 166 cm³/mol. The molecule has 1 atom stereocenters. The number of hydrogen-bond acceptors (Lipinski definition) is 4. The highest BCUT2D eigenvalue weighted by Crippen LogP contribution is 2.26. The molecule has 44 heavy (non-hydrogen) atoms. The van der Waals surface area contributed by atoms with E-state index in [1.807, 2.05) is 44.2 Å². The number of amides is 2. The first-order valence-corrected chi connectivity index (χ1v) is 15.7. The van der Waals surface area contributed by atoms with Crippen molar-refractivity contribution < 1.29 is 26.8 Å². The van der Waals surface area contributed by atoms with Gasteiger partial charge in [0, 0.05) is 19.5 Å². The molecule has 0 aliphatic rings. The van der Waals surface area contributed by atoms with E-state index in [1.54, 1.807) is 24.3 Å². The lowest BCUT2D eigenvalue weighted by Gasteiger charge is -2.34. The number of nitrogens with one attached hydrogen (secondary N) is 1. The fourth-order valence-corrected chi connectivity index (χ4v) is 6.09. The van der Waals surface area contributed by atoms with Gasteiger partial charge in [-0.25, -0.2) is 17.2 Å². The van der Waals surface area contributed by atoms with Gasteiger partial charge in [-0.05, 0) is 73.0 Å². The first kappa shape index (κ1) is 32.3. The molecule has 0 fully saturated rings. The van der Waals surface area contributed by atoms with Crippen molar-refractivity contribution in [2.24, 2.45) is 0 Å². The van der Waals surface area contributed by atoms with E-state index in [1.165, 1.54) is 29.2 Å². The van der Waals surface area contributed by atoms with Crippen molar-refractivity contribution >= 4 is 27.5 Å². The Kier molecular flexibility index (Phi) is 10.8. The van der Waals surface area contributed by atoms with Crippen LogP contribution in [0.3, 0.4) is 0 Å². The van der Waals surface area contributed by atoms with Gasteiger partial charge in [0.25, 0.3) is 10.0 Å². The zero-order chi connectivity index (χ0) is 31.7. The molecule has 10 heteroatoms. The molecule has 0 spiro atoms. The van der Waals surface area contributed by atoms with Crippen molar-refractivity contribution in [1.29, 1.82) is 0 Å². The van der Waals surface area contributed by atoms with E-state index in [4.69, 9.17) is 0 Å². The highest BCUT2D eigenvalue weighted by Gasteiger charge is 2.34. The average molecular weight is 620 g/mol. The molecule has 0 saturated heterocycles. The summed E-state index contributed by atoms with van der Waals surface area (Å²) >= 11 is 0. The molecule has 0 unspecified atom stereocenters. The SMILES string of the molecule is CCCNC(=O)[C@@H](Cc1ccccc1)N(Cc1ccc(F)cc1)C(=O)CN(c1ccc(C)cc1)S(=O)(=O)c1ccc(F)cc1. The van der Waals surface area contributed by atoms with Gasteiger partial charge >= 0.3 is 0 Å². The number of nitrogens with zero attached hydrogens (tertiary/aromatic N) is 2. The summed E-state index contributed by atoms with van der Waals surface area (Å²) in [6, 6.07) is 24.7. The maximum absolute atomic E-state index is 14.3. The van der Waals surface area contributed by atoms with Crippen molar-refractivity contribution in [3.05, 3.63) is 131 Å². The van der Waals surface area contributed by atoms with Crippen molar-refractivity contribution in [2.75, 3.05) is 17.4 Å². The second-order valence-electron chi connectivity index (χ2n) is 10.4. The summed E-state index contributed by atoms with van der Waals surface area (Å²) in [6.45, 7) is 3.43. The van der Waals surface area contributed by atoms with Gasteiger partial charge in [0.1, 0.15) is 24.2 Å². The first-order chi connectivity index (χ1) is 21.1. The van der Waals surface area contributed by atoms with Gasteiger partial charge in [-0.2, -0.15) is 0 Å². The zero-order valence-electron chi connectivity index (χ0n) is 24.6. The second kappa shape index (κ2) is 14.7. The van der Waals surface area contributed by atoms with Crippen LogP contribution < -0.4 is 9.62 Å². The lowest BCUT2D eigenvalue weighted by Crippen LogP contribution is -2.53. The molecular weight excluding hydrogens is 584 g/mol. The number of hydrogen-bond donors (Lipinski definition) is 1. The lowest BCUT2D eigenvalue weighted by atomic mass is 10.0. The summed E-state index contributed by atoms with van der Waals surface area (Å²) < 4.78 is 56.3. The fraction of sp³-hybridized carbons (Fsp3) is 0.235. The Morgan fingerprint density at radius 3 is 1.98 bits per heavy atom. The standard InChI is InChI=1S/C34H35F2N3O4S/c1-3-21-37-34(41)32(22-26-7-5-4-6-8-26)38(23-27-11-13-28(35)14-12-27)33(40)24-39(30-17-9-25(2)10-18-30)44(42,43)31-19-15-29(36)16-20-31/h4-20,32H,3,21-24H2,1-2H3,(H,37,41)/t32-/m1/s1. The third-order valence-electron chi connectivity index (χ3n) is 7.09. The molecule has 4 aromatic carbocycles. The molecule has 4 rings (SSSR count). The van der Waals surface area contributed by atoms with Gasteiger partial charge in [-0.1, -0.05) is 67.1 Å². The van der Waals surface area contributed by atoms with Gasteiger partial charge in [-0.3, -0.25) is 13.9 Å². The molecule has 1 N–H and O–H groups in total. The summed E-state index contributed by atoms with van der Waals surface area (Å²) in [4.78, 5) is 29.1. The zero-order valence-corrected chi connectivity index (χ0v) is 25.4. The average Bonchev–Trinajstić information content (AvgIpc) is 3.02. The smallest absolute Gasteiger partial charge is 0.264 e. The van der Waals surface area contributed by atoms with Crippen LogP contribution in [0.25, 0.3) is 0 Å². The van der Waals surface area contributed by atoms with E-state index in [-0.39, 0.29) is 23.5 Å². The highest BCUT2D eigenvalue weighted by molar-refractivity contribution is 7.92. The minimum Gasteiger partial charge on any atom is -0.354 e. The molecule has 0 aliphatic carbocycles. The van der Waals surface area contributed by atoms with Gasteiger partial charge < -0.3 is 10.2 Å². The number of benzene rings is 4. The third-order valence-corrected chi connectivity index (χ3v) is 8.88. The Morgan fingerprint density at radius 1 is 0.795 bits per heavy atom. The minimum atomic E-state index is -4.34. The number of carbonyl (C=O) groups excluding carboxylic acids is 2. The number of aryl methyl sites for hydroxylation is 1. The molecule has 4 aromatic rings. The Bertz CT molecular complexity index is 1650. The molecule has 0 heterocycles. The second-order valence-corrected chi connectivity index (χ2v) is 12.3. The fourth-order valence-electron chi connectivity index (χ4n) is 4.68. The van der Waals surface area contributed by atoms with Crippen molar-refractivity contribution in [3.8, 4) is 0 Å². The largest absolute Gasteiger partial charge is 0.354 e. The van der Waals surface area contributed by atoms with E-state index in [2.05, 4.69) is 5.32 Å². The van der Waals surface area contributed by atoms with Crippen LogP contribution in [0.15, 0.2) is 108 Å². The van der Waals surface area contributed by atoms with E-state index in [0.29, 0.717) is 18.5 Å². The summed E-state index contributed by atoms with van der Waals surface area (Å²) in [5.41, 5.74) is 2.47. The summed E-state index contributed by atoms with van der Waals surface area (Å²) in [5, 5.41) is 2.88. The number of rotatable bonds is 13. The van der Waals surface area contributed by atoms with E-state index in [9.17, 15) is 26.8 Å². The van der Waals surface area contributed by atoms with Crippen molar-refractivity contribution in [2.45, 2.75) is 44.2 Å². The monoisotopic (exact) mass is 619 g/mol. The van der Waals surface area contributed by atoms with Crippen molar-refractivity contribution in [3.63, 3.8) is 0 Å². The summed E-state index contributed by atoms with van der Waals surface area (Å²) in [7, 11) is -4.34. The molecule has 7 nitrogen and oxygen atoms in total. The molecule has 2 amide bonds. The van der Waals surface area contributed by atoms with Gasteiger partial charge in [-0.15, -0.1) is 0 Å². The van der Waals surface area contributed by atoms with E-state index >= 15 is 0 Å². The van der Waals surface area contributed by atoms with Crippen LogP contribution in [0, 0.1) is 18.6 Å². The lowest BCUT2D eigenvalue weighted by molar-refractivity contribution is -0.140. The Balaban J connectivity index is 1.78. The number of halogens is 2. The Hall–Kier alpha value is -4.57. The maximum Gasteiger partial charge on any atom is 0.264 e. The van der Waals surface area contributed by atoms with Gasteiger partial charge in [0.05, 0.1) is 10.6 Å². The van der Waals surface area contributed by atoms with E-state index < -0.39 is 46.1 Å². The van der Waals surface area contributed by atoms with Crippen LogP contribution in [-0.2, 0) is 32.6 Å². The Labute approximate surface area is 257 Å². The van der Waals surface area contributed by atoms with Crippen LogP contribution in [0.5, 0.6) is 0 Å². The van der Waals surface area contributed by atoms with Crippen LogP contribution in [0.4, 0.5) is 14.5 Å². The molecule has 0 aromatic heterocycles. The number of sulfonamides is 1. The number of anilines is 1. The van der Waals surface area contributed by atoms with Crippen LogP contribution in [0.2, 0.25) is 0 Å². The topological polar surface area (TPSA) is 86.8 Å². The Morgan fingerprint density at radius 2 is 1.39 bits per heavy atom. The van der Waals surface area contributed by atoms with Crippen LogP contribution in [-0.4, -0.2) is 44.3 Å². The summed E-state index contributed by atoms with van der Waals surface area (Å²) in [5.74, 6) is -2.10. The predicted octanol–water partition coefficient (Wildman–Crippen LogP) is 5.63. The van der Waals surface area contributed by atoms with Crippen molar-refractivity contribution in [1.82, 2.24) is 10.2 Å². The first-order valence-electron chi connectivity index (χ1n) is 14.3. The minimum absolute atomic E-state index is 0.0749. The van der Waals surface area contributed by atoms with Crippen LogP contribution in [0.1, 0.15) is 30.0 Å². The summed E-state index contributed by atoms with van der Waals surface area (Å²) in [6.07, 6.45) is 0.839. The highest BCUT2D eigenvalue weighted by atomic mass is 32.2. The van der Waals surface area contributed by atoms with Gasteiger partial charge in [0.2, 0.25) is 11.8 Å². The third kappa shape index (κ3) is 8.29. The number of carbonyl (C=O) groups is 2. The quantitative estimate of drug-likeness (QED) is 0.210. The van der Waals surface area contributed by atoms with Gasteiger partial charge in [0.15, 0.2) is 0 Å². The van der Waals surface area contributed by atoms with Crippen LogP contribution >= 0.6 is 0 Å². The molecule has 0 aliphatic heterocycles. The molecule has 0 bridgehead atoms. The molecule has 0 saturated carbocycles. The normalized spacial score (nSPS) is 11.9. The molecule has 0 radical (unpaired) electrons.